The van der Waals surface area contributed by atoms with Crippen LogP contribution >= 0.6 is 0 Å². The molecule has 0 radical (unpaired) electrons. The number of rotatable bonds is 2. The molecular weight excluding hydrogens is 320 g/mol. The van der Waals surface area contributed by atoms with Gasteiger partial charge in [0.25, 0.3) is 0 Å². The topological polar surface area (TPSA) is 69.7 Å². The molecule has 3 aliphatic rings. The smallest absolute Gasteiger partial charge is 0.334 e. The zero-order chi connectivity index (χ0) is 18.5. The van der Waals surface area contributed by atoms with Crippen LogP contribution in [0.1, 0.15) is 41.0 Å². The average Bonchev–Trinajstić information content (AvgIpc) is 2.89. The molecule has 0 aromatic rings. The van der Waals surface area contributed by atoms with E-state index >= 15 is 0 Å². The highest BCUT2D eigenvalue weighted by atomic mass is 16.6. The van der Waals surface area contributed by atoms with Crippen LogP contribution in [0.5, 0.6) is 0 Å². The molecule has 25 heavy (non-hydrogen) atoms. The molecule has 5 nitrogen and oxygen atoms in total. The van der Waals surface area contributed by atoms with Gasteiger partial charge in [-0.15, -0.1) is 0 Å². The molecule has 0 bridgehead atoms. The summed E-state index contributed by atoms with van der Waals surface area (Å²) >= 11 is 0. The van der Waals surface area contributed by atoms with Gasteiger partial charge in [0.2, 0.25) is 0 Å². The normalized spacial score (nSPS) is 28.2. The monoisotopic (exact) mass is 342 g/mol. The SMILES string of the molecule is CC(C)=CC(=O)O[C@H]1CC(C)=C2C(=O)C=C(C)[C@H]2[C@@H]2OC(=O)C(C)=C12. The largest absolute Gasteiger partial charge is 0.454 e. The zero-order valence-electron chi connectivity index (χ0n) is 15.1. The Morgan fingerprint density at radius 2 is 1.92 bits per heavy atom. The van der Waals surface area contributed by atoms with Gasteiger partial charge in [-0.1, -0.05) is 16.7 Å². The molecule has 1 heterocycles. The van der Waals surface area contributed by atoms with E-state index in [0.29, 0.717) is 23.1 Å². The van der Waals surface area contributed by atoms with E-state index in [0.717, 1.165) is 16.7 Å². The third kappa shape index (κ3) is 2.88. The number of carbonyl (C=O) groups is 3. The first kappa shape index (κ1) is 17.4. The Morgan fingerprint density at radius 3 is 2.56 bits per heavy atom. The minimum atomic E-state index is -0.599. The van der Waals surface area contributed by atoms with E-state index in [2.05, 4.69) is 0 Å². The molecule has 1 aliphatic heterocycles. The van der Waals surface area contributed by atoms with Crippen molar-refractivity contribution in [3.05, 3.63) is 45.6 Å². The lowest BCUT2D eigenvalue weighted by atomic mass is 9.86. The maximum absolute atomic E-state index is 12.4. The summed E-state index contributed by atoms with van der Waals surface area (Å²) < 4.78 is 11.2. The van der Waals surface area contributed by atoms with E-state index in [1.807, 2.05) is 27.7 Å². The fourth-order valence-corrected chi connectivity index (χ4v) is 3.90. The highest BCUT2D eigenvalue weighted by molar-refractivity contribution is 6.09. The number of hydrogen-bond acceptors (Lipinski definition) is 5. The van der Waals surface area contributed by atoms with E-state index in [-0.39, 0.29) is 11.7 Å². The van der Waals surface area contributed by atoms with Gasteiger partial charge in [-0.05, 0) is 40.7 Å². The molecular formula is C20H22O5. The van der Waals surface area contributed by atoms with Crippen LogP contribution in [0.3, 0.4) is 0 Å². The van der Waals surface area contributed by atoms with E-state index in [4.69, 9.17) is 9.47 Å². The molecule has 0 aromatic carbocycles. The minimum absolute atomic E-state index is 0.0452. The first-order valence-electron chi connectivity index (χ1n) is 8.40. The summed E-state index contributed by atoms with van der Waals surface area (Å²) in [5, 5.41) is 0. The number of esters is 2. The van der Waals surface area contributed by atoms with Crippen molar-refractivity contribution >= 4 is 17.7 Å². The van der Waals surface area contributed by atoms with Crippen LogP contribution in [-0.4, -0.2) is 29.9 Å². The lowest BCUT2D eigenvalue weighted by Gasteiger charge is -2.24. The van der Waals surface area contributed by atoms with E-state index in [9.17, 15) is 14.4 Å². The van der Waals surface area contributed by atoms with E-state index < -0.39 is 24.1 Å². The Balaban J connectivity index is 2.06. The number of ether oxygens (including phenoxy) is 2. The summed E-state index contributed by atoms with van der Waals surface area (Å²) in [5.74, 6) is -1.19. The molecule has 0 unspecified atom stereocenters. The molecule has 0 saturated carbocycles. The average molecular weight is 342 g/mol. The Kier molecular flexibility index (Phi) is 4.27. The van der Waals surface area contributed by atoms with Gasteiger partial charge in [-0.3, -0.25) is 4.79 Å². The van der Waals surface area contributed by atoms with Crippen LogP contribution < -0.4 is 0 Å². The van der Waals surface area contributed by atoms with Gasteiger partial charge in [0, 0.05) is 29.2 Å². The Bertz CT molecular complexity index is 802. The van der Waals surface area contributed by atoms with Gasteiger partial charge in [-0.25, -0.2) is 9.59 Å². The summed E-state index contributed by atoms with van der Waals surface area (Å²) in [6, 6.07) is 0. The molecule has 0 amide bonds. The zero-order valence-corrected chi connectivity index (χ0v) is 15.1. The van der Waals surface area contributed by atoms with Crippen LogP contribution in [0.15, 0.2) is 45.6 Å². The van der Waals surface area contributed by atoms with E-state index in [1.54, 1.807) is 13.0 Å². The Morgan fingerprint density at radius 1 is 1.24 bits per heavy atom. The summed E-state index contributed by atoms with van der Waals surface area (Å²) in [7, 11) is 0. The Hall–Kier alpha value is -2.43. The van der Waals surface area contributed by atoms with Crippen molar-refractivity contribution < 1.29 is 23.9 Å². The molecule has 0 spiro atoms. The highest BCUT2D eigenvalue weighted by Gasteiger charge is 2.49. The molecule has 0 N–H and O–H groups in total. The fourth-order valence-electron chi connectivity index (χ4n) is 3.90. The number of carbonyl (C=O) groups excluding carboxylic acids is 3. The van der Waals surface area contributed by atoms with Crippen molar-refractivity contribution in [1.29, 1.82) is 0 Å². The molecule has 0 saturated heterocycles. The van der Waals surface area contributed by atoms with Crippen LogP contribution in [0, 0.1) is 5.92 Å². The van der Waals surface area contributed by atoms with E-state index in [1.165, 1.54) is 6.08 Å². The lowest BCUT2D eigenvalue weighted by molar-refractivity contribution is -0.142. The van der Waals surface area contributed by atoms with Gasteiger partial charge < -0.3 is 9.47 Å². The van der Waals surface area contributed by atoms with Crippen molar-refractivity contribution in [1.82, 2.24) is 0 Å². The van der Waals surface area contributed by atoms with Crippen LogP contribution in [0.2, 0.25) is 0 Å². The first-order chi connectivity index (χ1) is 11.7. The molecule has 0 fully saturated rings. The predicted molar refractivity (Wildman–Crippen MR) is 91.5 cm³/mol. The summed E-state index contributed by atoms with van der Waals surface area (Å²) in [4.78, 5) is 36.7. The maximum Gasteiger partial charge on any atom is 0.334 e. The van der Waals surface area contributed by atoms with Crippen molar-refractivity contribution in [3.63, 3.8) is 0 Å². The second-order valence-corrected chi connectivity index (χ2v) is 7.18. The van der Waals surface area contributed by atoms with Crippen molar-refractivity contribution in [2.24, 2.45) is 5.92 Å². The highest BCUT2D eigenvalue weighted by Crippen LogP contribution is 2.46. The van der Waals surface area contributed by atoms with Gasteiger partial charge in [-0.2, -0.15) is 0 Å². The third-order valence-electron chi connectivity index (χ3n) is 4.97. The van der Waals surface area contributed by atoms with Gasteiger partial charge in [0.1, 0.15) is 12.2 Å². The number of hydrogen-bond donors (Lipinski definition) is 0. The fraction of sp³-hybridized carbons (Fsp3) is 0.450. The summed E-state index contributed by atoms with van der Waals surface area (Å²) in [5.41, 5.74) is 4.41. The molecule has 132 valence electrons. The second-order valence-electron chi connectivity index (χ2n) is 7.18. The van der Waals surface area contributed by atoms with Crippen molar-refractivity contribution in [3.8, 4) is 0 Å². The Labute approximate surface area is 147 Å². The summed E-state index contributed by atoms with van der Waals surface area (Å²) in [6.45, 7) is 9.07. The van der Waals surface area contributed by atoms with Crippen molar-refractivity contribution in [2.45, 2.75) is 53.2 Å². The second kappa shape index (κ2) is 6.14. The van der Waals surface area contributed by atoms with Crippen molar-refractivity contribution in [2.75, 3.05) is 0 Å². The van der Waals surface area contributed by atoms with Crippen LogP contribution in [0.25, 0.3) is 0 Å². The lowest BCUT2D eigenvalue weighted by Crippen LogP contribution is -2.30. The molecule has 3 rings (SSSR count). The minimum Gasteiger partial charge on any atom is -0.454 e. The quantitative estimate of drug-likeness (QED) is 0.570. The maximum atomic E-state index is 12.4. The molecule has 2 aliphatic carbocycles. The molecule has 3 atom stereocenters. The van der Waals surface area contributed by atoms with Gasteiger partial charge in [0.15, 0.2) is 5.78 Å². The van der Waals surface area contributed by atoms with Gasteiger partial charge in [0.05, 0.1) is 5.92 Å². The van der Waals surface area contributed by atoms with Crippen LogP contribution in [0.4, 0.5) is 0 Å². The number of ketones is 1. The predicted octanol–water partition coefficient (Wildman–Crippen LogP) is 2.97. The molecule has 0 aromatic heterocycles. The third-order valence-corrected chi connectivity index (χ3v) is 4.97. The number of fused-ring (bicyclic) bond motifs is 3. The molecule has 5 heteroatoms. The summed E-state index contributed by atoms with van der Waals surface area (Å²) in [6.07, 6.45) is 2.25. The standard InChI is InChI=1S/C20H22O5/c1-9(2)6-15(22)24-14-8-11(4)16-13(21)7-10(3)17(16)19-18(14)12(5)20(23)25-19/h6-7,14,17,19H,8H2,1-5H3/t14-,17+,19-/m0/s1. The van der Waals surface area contributed by atoms with Gasteiger partial charge >= 0.3 is 11.9 Å². The first-order valence-corrected chi connectivity index (χ1v) is 8.40. The van der Waals surface area contributed by atoms with Crippen LogP contribution in [-0.2, 0) is 23.9 Å². The number of allylic oxidation sites excluding steroid dienone is 2.